The van der Waals surface area contributed by atoms with Crippen molar-refractivity contribution < 1.29 is 15.3 Å². The first kappa shape index (κ1) is 9.27. The molecular weight excluding hydrogens is 141 g/mol. The smallest absolute Gasteiger partial charge is 0.298 e. The summed E-state index contributed by atoms with van der Waals surface area (Å²) in [6.45, 7) is 1.63. The molecule has 2 unspecified atom stereocenters. The van der Waals surface area contributed by atoms with E-state index in [1.54, 1.807) is 6.92 Å². The molecule has 0 aliphatic rings. The van der Waals surface area contributed by atoms with Gasteiger partial charge in [-0.25, -0.2) is 0 Å². The van der Waals surface area contributed by atoms with Crippen molar-refractivity contribution in [2.75, 3.05) is 0 Å². The summed E-state index contributed by atoms with van der Waals surface area (Å²) in [5.41, 5.74) is 5.21. The molecule has 0 heterocycles. The molecular formula is C4H12NO3P. The SMILES string of the molecule is CCC(N)(P)C(O)(O)O. The summed E-state index contributed by atoms with van der Waals surface area (Å²) in [6.07, 6.45) is 0.251. The monoisotopic (exact) mass is 153 g/mol. The molecule has 5 heteroatoms. The van der Waals surface area contributed by atoms with Crippen molar-refractivity contribution in [3.05, 3.63) is 0 Å². The second-order valence-electron chi connectivity index (χ2n) is 2.03. The number of aliphatic hydroxyl groups is 3. The van der Waals surface area contributed by atoms with Gasteiger partial charge in [0.2, 0.25) is 0 Å². The van der Waals surface area contributed by atoms with Crippen LogP contribution in [0.4, 0.5) is 0 Å². The van der Waals surface area contributed by atoms with Gasteiger partial charge < -0.3 is 21.1 Å². The van der Waals surface area contributed by atoms with Crippen LogP contribution < -0.4 is 5.73 Å². The Morgan fingerprint density at radius 3 is 1.78 bits per heavy atom. The molecule has 56 valence electrons. The minimum absolute atomic E-state index is 0.251. The summed E-state index contributed by atoms with van der Waals surface area (Å²) in [6, 6.07) is 0. The first-order valence-electron chi connectivity index (χ1n) is 2.56. The summed E-state index contributed by atoms with van der Waals surface area (Å²) in [5, 5.41) is 24.1. The molecule has 2 atom stereocenters. The molecule has 4 nitrogen and oxygen atoms in total. The summed E-state index contributed by atoms with van der Waals surface area (Å²) in [5.74, 6) is -2.81. The summed E-state index contributed by atoms with van der Waals surface area (Å²) in [7, 11) is 1.97. The van der Waals surface area contributed by atoms with Gasteiger partial charge in [0.05, 0.1) is 0 Å². The van der Waals surface area contributed by atoms with Gasteiger partial charge in [0.25, 0.3) is 5.97 Å². The fourth-order valence-electron chi connectivity index (χ4n) is 0.237. The lowest BCUT2D eigenvalue weighted by Gasteiger charge is -2.31. The van der Waals surface area contributed by atoms with E-state index in [1.807, 2.05) is 9.24 Å². The predicted molar refractivity (Wildman–Crippen MR) is 36.3 cm³/mol. The molecule has 5 N–H and O–H groups in total. The number of rotatable bonds is 2. The second-order valence-corrected chi connectivity index (χ2v) is 3.06. The molecule has 0 aromatic heterocycles. The molecule has 9 heavy (non-hydrogen) atoms. The van der Waals surface area contributed by atoms with Gasteiger partial charge in [-0.2, -0.15) is 0 Å². The standard InChI is InChI=1S/C4H12NO3P/c1-2-3(5,9)4(6,7)8/h6-8H,2,5,9H2,1H3. The van der Waals surface area contributed by atoms with Gasteiger partial charge in [-0.1, -0.05) is 6.92 Å². The number of hydrogen-bond donors (Lipinski definition) is 4. The molecule has 0 fully saturated rings. The van der Waals surface area contributed by atoms with Gasteiger partial charge in [0.1, 0.15) is 5.28 Å². The number of hydrogen-bond acceptors (Lipinski definition) is 4. The van der Waals surface area contributed by atoms with Crippen LogP contribution in [-0.4, -0.2) is 26.6 Å². The van der Waals surface area contributed by atoms with Gasteiger partial charge in [0, 0.05) is 0 Å². The molecule has 0 radical (unpaired) electrons. The maximum Gasteiger partial charge on any atom is 0.298 e. The molecule has 0 saturated carbocycles. The summed E-state index contributed by atoms with van der Waals surface area (Å²) >= 11 is 0. The van der Waals surface area contributed by atoms with Gasteiger partial charge in [-0.05, 0) is 6.42 Å². The average Bonchev–Trinajstić information content (AvgIpc) is 1.64. The molecule has 0 spiro atoms. The molecule has 0 aromatic rings. The lowest BCUT2D eigenvalue weighted by atomic mass is 10.2. The average molecular weight is 153 g/mol. The Hall–Kier alpha value is 0.270. The highest BCUT2D eigenvalue weighted by Crippen LogP contribution is 2.24. The fourth-order valence-corrected chi connectivity index (χ4v) is 0.237. The van der Waals surface area contributed by atoms with E-state index >= 15 is 0 Å². The van der Waals surface area contributed by atoms with Crippen molar-refractivity contribution in [3.63, 3.8) is 0 Å². The summed E-state index contributed by atoms with van der Waals surface area (Å²) in [4.78, 5) is 0. The minimum atomic E-state index is -2.81. The Morgan fingerprint density at radius 2 is 1.78 bits per heavy atom. The molecule has 0 aliphatic heterocycles. The van der Waals surface area contributed by atoms with Crippen molar-refractivity contribution in [2.24, 2.45) is 5.73 Å². The van der Waals surface area contributed by atoms with Crippen molar-refractivity contribution >= 4 is 9.24 Å². The third-order valence-corrected chi connectivity index (χ3v) is 2.01. The van der Waals surface area contributed by atoms with Crippen LogP contribution in [0, 0.1) is 0 Å². The van der Waals surface area contributed by atoms with E-state index in [0.29, 0.717) is 0 Å². The zero-order chi connectivity index (χ0) is 7.71. The highest BCUT2D eigenvalue weighted by molar-refractivity contribution is 7.19. The topological polar surface area (TPSA) is 86.7 Å². The van der Waals surface area contributed by atoms with Gasteiger partial charge in [-0.15, -0.1) is 9.24 Å². The third-order valence-electron chi connectivity index (χ3n) is 1.21. The van der Waals surface area contributed by atoms with E-state index < -0.39 is 11.3 Å². The Morgan fingerprint density at radius 1 is 1.44 bits per heavy atom. The number of nitrogens with two attached hydrogens (primary N) is 1. The van der Waals surface area contributed by atoms with Gasteiger partial charge >= 0.3 is 0 Å². The van der Waals surface area contributed by atoms with Crippen LogP contribution >= 0.6 is 9.24 Å². The Kier molecular flexibility index (Phi) is 2.56. The minimum Gasteiger partial charge on any atom is -0.342 e. The van der Waals surface area contributed by atoms with Crippen molar-refractivity contribution in [1.82, 2.24) is 0 Å². The second kappa shape index (κ2) is 2.48. The van der Waals surface area contributed by atoms with E-state index in [9.17, 15) is 0 Å². The normalized spacial score (nSPS) is 19.3. The van der Waals surface area contributed by atoms with E-state index in [4.69, 9.17) is 21.1 Å². The van der Waals surface area contributed by atoms with Crippen molar-refractivity contribution in [3.8, 4) is 0 Å². The van der Waals surface area contributed by atoms with Crippen molar-refractivity contribution in [1.29, 1.82) is 0 Å². The van der Waals surface area contributed by atoms with E-state index in [-0.39, 0.29) is 6.42 Å². The van der Waals surface area contributed by atoms with E-state index in [0.717, 1.165) is 0 Å². The van der Waals surface area contributed by atoms with Gasteiger partial charge in [0.15, 0.2) is 0 Å². The predicted octanol–water partition coefficient (Wildman–Crippen LogP) is -1.44. The van der Waals surface area contributed by atoms with Crippen LogP contribution in [0.1, 0.15) is 13.3 Å². The highest BCUT2D eigenvalue weighted by Gasteiger charge is 2.39. The van der Waals surface area contributed by atoms with Crippen LogP contribution in [0.2, 0.25) is 0 Å². The zero-order valence-electron chi connectivity index (χ0n) is 5.20. The lowest BCUT2D eigenvalue weighted by Crippen LogP contribution is -2.55. The Bertz CT molecular complexity index is 98.5. The summed E-state index contributed by atoms with van der Waals surface area (Å²) < 4.78 is 0. The quantitative estimate of drug-likeness (QED) is 0.289. The molecule has 0 amide bonds. The zero-order valence-corrected chi connectivity index (χ0v) is 6.36. The maximum atomic E-state index is 8.51. The first-order chi connectivity index (χ1) is 3.81. The molecule has 0 aliphatic carbocycles. The van der Waals surface area contributed by atoms with E-state index in [2.05, 4.69) is 0 Å². The molecule has 0 aromatic carbocycles. The Labute approximate surface area is 55.9 Å². The molecule has 0 rings (SSSR count). The van der Waals surface area contributed by atoms with Gasteiger partial charge in [-0.3, -0.25) is 0 Å². The van der Waals surface area contributed by atoms with Crippen molar-refractivity contribution in [2.45, 2.75) is 24.6 Å². The lowest BCUT2D eigenvalue weighted by molar-refractivity contribution is -0.331. The van der Waals surface area contributed by atoms with Crippen LogP contribution in [0.15, 0.2) is 0 Å². The van der Waals surface area contributed by atoms with Crippen LogP contribution in [0.25, 0.3) is 0 Å². The first-order valence-corrected chi connectivity index (χ1v) is 3.14. The molecule has 0 saturated heterocycles. The Balaban J connectivity index is 4.14. The largest absolute Gasteiger partial charge is 0.342 e. The van der Waals surface area contributed by atoms with Crippen LogP contribution in [0.5, 0.6) is 0 Å². The fraction of sp³-hybridized carbons (Fsp3) is 1.00. The van der Waals surface area contributed by atoms with Crippen LogP contribution in [0.3, 0.4) is 0 Å². The highest BCUT2D eigenvalue weighted by atomic mass is 31.0. The third kappa shape index (κ3) is 2.16. The van der Waals surface area contributed by atoms with Crippen LogP contribution in [-0.2, 0) is 0 Å². The maximum absolute atomic E-state index is 8.51. The van der Waals surface area contributed by atoms with E-state index in [1.165, 1.54) is 0 Å². The molecule has 0 bridgehead atoms.